The van der Waals surface area contributed by atoms with Crippen molar-refractivity contribution in [1.29, 1.82) is 0 Å². The van der Waals surface area contributed by atoms with Crippen LogP contribution in [0.25, 0.3) is 0 Å². The van der Waals surface area contributed by atoms with Gasteiger partial charge in [-0.2, -0.15) is 13.2 Å². The number of alkyl halides is 3. The highest BCUT2D eigenvalue weighted by molar-refractivity contribution is 7.99. The van der Waals surface area contributed by atoms with Crippen LogP contribution in [0.3, 0.4) is 0 Å². The molecular weight excluding hydrogens is 552 g/mol. The SMILES string of the molecule is COc1cc(C(=O)N2C(C(=O)NCc3cccc(C(F)(F)F)c3)CSC2c2ccc(F)cc2)cc(OC)c1OC. The fourth-order valence-electron chi connectivity index (χ4n) is 4.36. The van der Waals surface area contributed by atoms with E-state index in [0.717, 1.165) is 12.1 Å². The highest BCUT2D eigenvalue weighted by atomic mass is 32.2. The molecule has 0 aromatic heterocycles. The average Bonchev–Trinajstić information content (AvgIpc) is 3.40. The molecule has 40 heavy (non-hydrogen) atoms. The third kappa shape index (κ3) is 6.11. The van der Waals surface area contributed by atoms with Crippen LogP contribution in [0.4, 0.5) is 17.6 Å². The van der Waals surface area contributed by atoms with Crippen LogP contribution < -0.4 is 19.5 Å². The molecule has 3 aromatic rings. The minimum absolute atomic E-state index is 0.153. The van der Waals surface area contributed by atoms with Crippen molar-refractivity contribution in [2.75, 3.05) is 27.1 Å². The number of halogens is 4. The highest BCUT2D eigenvalue weighted by Gasteiger charge is 2.43. The number of amides is 2. The lowest BCUT2D eigenvalue weighted by Gasteiger charge is -2.29. The third-order valence-corrected chi connectivity index (χ3v) is 7.65. The van der Waals surface area contributed by atoms with E-state index < -0.39 is 40.8 Å². The number of ether oxygens (including phenoxy) is 3. The minimum Gasteiger partial charge on any atom is -0.493 e. The molecule has 2 amide bonds. The molecule has 1 aliphatic rings. The first-order chi connectivity index (χ1) is 19.1. The second-order valence-electron chi connectivity index (χ2n) is 8.80. The van der Waals surface area contributed by atoms with Crippen LogP contribution in [0.5, 0.6) is 17.2 Å². The van der Waals surface area contributed by atoms with E-state index in [9.17, 15) is 27.2 Å². The summed E-state index contributed by atoms with van der Waals surface area (Å²) in [5.41, 5.74) is 0.179. The molecule has 2 unspecified atom stereocenters. The van der Waals surface area contributed by atoms with Crippen molar-refractivity contribution in [3.8, 4) is 17.2 Å². The third-order valence-electron chi connectivity index (χ3n) is 6.33. The van der Waals surface area contributed by atoms with Crippen LogP contribution in [-0.2, 0) is 17.5 Å². The van der Waals surface area contributed by atoms with Gasteiger partial charge >= 0.3 is 6.18 Å². The van der Waals surface area contributed by atoms with Gasteiger partial charge in [0.05, 0.1) is 26.9 Å². The van der Waals surface area contributed by atoms with Crippen LogP contribution in [0, 0.1) is 5.82 Å². The Balaban J connectivity index is 1.65. The van der Waals surface area contributed by atoms with Gasteiger partial charge in [-0.1, -0.05) is 24.3 Å². The lowest BCUT2D eigenvalue weighted by molar-refractivity contribution is -0.137. The Hall–Kier alpha value is -3.93. The number of carbonyl (C=O) groups is 2. The molecule has 0 bridgehead atoms. The van der Waals surface area contributed by atoms with Gasteiger partial charge in [-0.05, 0) is 47.5 Å². The van der Waals surface area contributed by atoms with Crippen LogP contribution in [0.1, 0.15) is 32.4 Å². The van der Waals surface area contributed by atoms with Crippen LogP contribution in [0.2, 0.25) is 0 Å². The molecule has 7 nitrogen and oxygen atoms in total. The van der Waals surface area contributed by atoms with Gasteiger partial charge in [-0.15, -0.1) is 11.8 Å². The Morgan fingerprint density at radius 2 is 1.62 bits per heavy atom. The summed E-state index contributed by atoms with van der Waals surface area (Å²) in [6, 6.07) is 12.2. The number of benzene rings is 3. The van der Waals surface area contributed by atoms with Gasteiger partial charge in [0.25, 0.3) is 5.91 Å². The molecule has 4 rings (SSSR count). The van der Waals surface area contributed by atoms with Crippen molar-refractivity contribution in [2.45, 2.75) is 24.1 Å². The lowest BCUT2D eigenvalue weighted by Crippen LogP contribution is -2.47. The summed E-state index contributed by atoms with van der Waals surface area (Å²) in [6.45, 7) is -0.169. The average molecular weight is 579 g/mol. The molecule has 1 fully saturated rings. The summed E-state index contributed by atoms with van der Waals surface area (Å²) < 4.78 is 69.1. The van der Waals surface area contributed by atoms with Gasteiger partial charge in [0.15, 0.2) is 11.5 Å². The Morgan fingerprint density at radius 3 is 2.20 bits per heavy atom. The van der Waals surface area contributed by atoms with Crippen molar-refractivity contribution in [2.24, 2.45) is 0 Å². The number of nitrogens with one attached hydrogen (secondary N) is 1. The Bertz CT molecular complexity index is 1360. The molecule has 1 aliphatic heterocycles. The zero-order valence-electron chi connectivity index (χ0n) is 21.8. The summed E-state index contributed by atoms with van der Waals surface area (Å²) in [5, 5.41) is 2.02. The highest BCUT2D eigenvalue weighted by Crippen LogP contribution is 2.44. The maximum Gasteiger partial charge on any atom is 0.416 e. The molecule has 1 heterocycles. The Morgan fingerprint density at radius 1 is 0.975 bits per heavy atom. The fraction of sp³-hybridized carbons (Fsp3) is 0.286. The Labute approximate surface area is 232 Å². The summed E-state index contributed by atoms with van der Waals surface area (Å²) in [5.74, 6) is -0.575. The molecule has 0 spiro atoms. The number of rotatable bonds is 8. The molecule has 0 aliphatic carbocycles. The topological polar surface area (TPSA) is 77.1 Å². The van der Waals surface area contributed by atoms with Crippen molar-refractivity contribution < 1.29 is 41.4 Å². The van der Waals surface area contributed by atoms with Gasteiger partial charge in [0, 0.05) is 17.9 Å². The fourth-order valence-corrected chi connectivity index (χ4v) is 5.79. The van der Waals surface area contributed by atoms with E-state index in [0.29, 0.717) is 5.56 Å². The van der Waals surface area contributed by atoms with E-state index in [4.69, 9.17) is 14.2 Å². The number of hydrogen-bond donors (Lipinski definition) is 1. The van der Waals surface area contributed by atoms with Crippen molar-refractivity contribution in [3.05, 3.63) is 88.7 Å². The number of nitrogens with zero attached hydrogens (tertiary/aromatic N) is 1. The first-order valence-corrected chi connectivity index (χ1v) is 13.1. The molecule has 1 N–H and O–H groups in total. The zero-order valence-corrected chi connectivity index (χ0v) is 22.6. The molecule has 0 radical (unpaired) electrons. The van der Waals surface area contributed by atoms with E-state index in [1.807, 2.05) is 0 Å². The van der Waals surface area contributed by atoms with Gasteiger partial charge in [0.2, 0.25) is 11.7 Å². The number of methoxy groups -OCH3 is 3. The maximum atomic E-state index is 14.0. The normalized spacial score (nSPS) is 16.9. The standard InChI is InChI=1S/C28H26F4N2O5S/c1-37-22-12-18(13-23(38-2)24(22)39-3)26(36)34-21(15-40-27(34)17-7-9-20(29)10-8-17)25(35)33-14-16-5-4-6-19(11-16)28(30,31)32/h4-13,21,27H,14-15H2,1-3H3,(H,33,35). The summed E-state index contributed by atoms with van der Waals surface area (Å²) >= 11 is 1.31. The van der Waals surface area contributed by atoms with E-state index in [-0.39, 0.29) is 40.7 Å². The van der Waals surface area contributed by atoms with E-state index in [1.165, 1.54) is 86.5 Å². The molecule has 12 heteroatoms. The zero-order chi connectivity index (χ0) is 29.0. The lowest BCUT2D eigenvalue weighted by atomic mass is 10.1. The molecule has 3 aromatic carbocycles. The van der Waals surface area contributed by atoms with Crippen LogP contribution in [-0.4, -0.2) is 49.8 Å². The van der Waals surface area contributed by atoms with Gasteiger partial charge < -0.3 is 24.4 Å². The van der Waals surface area contributed by atoms with Gasteiger partial charge in [-0.3, -0.25) is 9.59 Å². The number of carbonyl (C=O) groups excluding carboxylic acids is 2. The summed E-state index contributed by atoms with van der Waals surface area (Å²) in [6.07, 6.45) is -4.52. The minimum atomic E-state index is -4.52. The van der Waals surface area contributed by atoms with Crippen molar-refractivity contribution >= 4 is 23.6 Å². The van der Waals surface area contributed by atoms with Crippen molar-refractivity contribution in [1.82, 2.24) is 10.2 Å². The number of thioether (sulfide) groups is 1. The van der Waals surface area contributed by atoms with E-state index >= 15 is 0 Å². The molecule has 2 atom stereocenters. The first kappa shape index (κ1) is 29.1. The molecular formula is C28H26F4N2O5S. The summed E-state index contributed by atoms with van der Waals surface area (Å²) in [7, 11) is 4.24. The second-order valence-corrected chi connectivity index (χ2v) is 9.91. The Kier molecular flexibility index (Phi) is 8.77. The van der Waals surface area contributed by atoms with E-state index in [2.05, 4.69) is 5.32 Å². The summed E-state index contributed by atoms with van der Waals surface area (Å²) in [4.78, 5) is 28.7. The van der Waals surface area contributed by atoms with E-state index in [1.54, 1.807) is 0 Å². The largest absolute Gasteiger partial charge is 0.493 e. The smallest absolute Gasteiger partial charge is 0.416 e. The van der Waals surface area contributed by atoms with Crippen molar-refractivity contribution in [3.63, 3.8) is 0 Å². The number of hydrogen-bond acceptors (Lipinski definition) is 6. The molecule has 212 valence electrons. The monoisotopic (exact) mass is 578 g/mol. The predicted molar refractivity (Wildman–Crippen MR) is 141 cm³/mol. The van der Waals surface area contributed by atoms with Crippen LogP contribution >= 0.6 is 11.8 Å². The first-order valence-electron chi connectivity index (χ1n) is 12.0. The van der Waals surface area contributed by atoms with Gasteiger partial charge in [-0.25, -0.2) is 4.39 Å². The molecule has 1 saturated heterocycles. The van der Waals surface area contributed by atoms with Crippen LogP contribution in [0.15, 0.2) is 60.7 Å². The predicted octanol–water partition coefficient (Wildman–Crippen LogP) is 5.44. The maximum absolute atomic E-state index is 14.0. The quantitative estimate of drug-likeness (QED) is 0.359. The second kappa shape index (κ2) is 12.1. The van der Waals surface area contributed by atoms with Gasteiger partial charge in [0.1, 0.15) is 17.2 Å². The molecule has 0 saturated carbocycles.